The lowest BCUT2D eigenvalue weighted by atomic mass is 10.1. The second-order valence-electron chi connectivity index (χ2n) is 5.99. The molecule has 7 heteroatoms. The largest absolute Gasteiger partial charge is 0.463 e. The first kappa shape index (κ1) is 17.2. The monoisotopic (exact) mass is 342 g/mol. The summed E-state index contributed by atoms with van der Waals surface area (Å²) < 4.78 is 10.8. The molecule has 0 aromatic carbocycles. The Bertz CT molecular complexity index is 855. The second-order valence-corrected chi connectivity index (χ2v) is 5.99. The smallest absolute Gasteiger partial charge is 0.259 e. The van der Waals surface area contributed by atoms with E-state index in [1.165, 1.54) is 0 Å². The lowest BCUT2D eigenvalue weighted by Crippen LogP contribution is -2.37. The third-order valence-electron chi connectivity index (χ3n) is 4.08. The van der Waals surface area contributed by atoms with E-state index in [2.05, 4.69) is 27.7 Å². The predicted molar refractivity (Wildman–Crippen MR) is 94.4 cm³/mol. The van der Waals surface area contributed by atoms with Gasteiger partial charge in [-0.15, -0.1) is 0 Å². The van der Waals surface area contributed by atoms with Crippen molar-refractivity contribution in [1.82, 2.24) is 20.8 Å². The molecule has 0 bridgehead atoms. The number of furan rings is 1. The Morgan fingerprint density at radius 2 is 2.24 bits per heavy atom. The van der Waals surface area contributed by atoms with Gasteiger partial charge in [-0.05, 0) is 38.6 Å². The minimum atomic E-state index is -0.178. The van der Waals surface area contributed by atoms with Gasteiger partial charge in [0, 0.05) is 12.6 Å². The normalized spacial score (nSPS) is 12.4. The molecule has 1 atom stereocenters. The van der Waals surface area contributed by atoms with Crippen LogP contribution >= 0.6 is 0 Å². The molecular weight excluding hydrogens is 320 g/mol. The van der Waals surface area contributed by atoms with Crippen LogP contribution in [0.1, 0.15) is 36.3 Å². The summed E-state index contributed by atoms with van der Waals surface area (Å²) in [6.45, 7) is 4.57. The molecule has 1 unspecified atom stereocenters. The molecule has 3 aromatic rings. The van der Waals surface area contributed by atoms with E-state index in [4.69, 9.17) is 8.94 Å². The Balaban J connectivity index is 2.05. The van der Waals surface area contributed by atoms with Gasteiger partial charge in [0.2, 0.25) is 0 Å². The third-order valence-corrected chi connectivity index (χ3v) is 4.08. The van der Waals surface area contributed by atoms with Crippen LogP contribution in [0.3, 0.4) is 0 Å². The van der Waals surface area contributed by atoms with Crippen molar-refractivity contribution in [3.63, 3.8) is 0 Å². The molecule has 0 saturated carbocycles. The van der Waals surface area contributed by atoms with Crippen molar-refractivity contribution >= 4 is 17.0 Å². The van der Waals surface area contributed by atoms with Gasteiger partial charge in [0.25, 0.3) is 11.6 Å². The van der Waals surface area contributed by atoms with Gasteiger partial charge < -0.3 is 19.6 Å². The molecule has 25 heavy (non-hydrogen) atoms. The zero-order chi connectivity index (χ0) is 17.8. The highest BCUT2D eigenvalue weighted by Gasteiger charge is 2.21. The molecule has 0 spiro atoms. The molecule has 0 saturated heterocycles. The minimum absolute atomic E-state index is 0.170. The Morgan fingerprint density at radius 3 is 2.92 bits per heavy atom. The molecule has 132 valence electrons. The van der Waals surface area contributed by atoms with Crippen molar-refractivity contribution in [2.24, 2.45) is 0 Å². The van der Waals surface area contributed by atoms with E-state index in [0.29, 0.717) is 34.7 Å². The number of hydrogen-bond donors (Lipinski definition) is 2. The highest BCUT2D eigenvalue weighted by Crippen LogP contribution is 2.28. The SMILES string of the molecule is CCCc1noc2nc(-c3ccco3)cc(C(=O)NCC(C)NC)c12. The first-order valence-electron chi connectivity index (χ1n) is 8.42. The number of nitrogens with one attached hydrogen (secondary N) is 2. The van der Waals surface area contributed by atoms with Gasteiger partial charge >= 0.3 is 0 Å². The molecular formula is C18H22N4O3. The van der Waals surface area contributed by atoms with Crippen LogP contribution in [0.15, 0.2) is 33.4 Å². The molecule has 3 heterocycles. The maximum atomic E-state index is 12.8. The third kappa shape index (κ3) is 3.56. The van der Waals surface area contributed by atoms with E-state index in [9.17, 15) is 4.79 Å². The van der Waals surface area contributed by atoms with E-state index < -0.39 is 0 Å². The molecule has 0 aliphatic carbocycles. The number of aromatic nitrogens is 2. The number of rotatable bonds is 7. The summed E-state index contributed by atoms with van der Waals surface area (Å²) in [7, 11) is 1.86. The highest BCUT2D eigenvalue weighted by molar-refractivity contribution is 6.06. The van der Waals surface area contributed by atoms with Crippen LogP contribution in [-0.4, -0.2) is 35.7 Å². The Kier molecular flexibility index (Phi) is 5.14. The van der Waals surface area contributed by atoms with Crippen molar-refractivity contribution in [3.05, 3.63) is 35.7 Å². The van der Waals surface area contributed by atoms with Crippen molar-refractivity contribution < 1.29 is 13.7 Å². The predicted octanol–water partition coefficient (Wildman–Crippen LogP) is 2.77. The molecule has 2 N–H and O–H groups in total. The summed E-state index contributed by atoms with van der Waals surface area (Å²) in [5.74, 6) is 0.399. The number of nitrogens with zero attached hydrogens (tertiary/aromatic N) is 2. The van der Waals surface area contributed by atoms with Gasteiger partial charge in [-0.25, -0.2) is 4.98 Å². The summed E-state index contributed by atoms with van der Waals surface area (Å²) in [6, 6.07) is 5.47. The van der Waals surface area contributed by atoms with Crippen LogP contribution in [-0.2, 0) is 6.42 Å². The van der Waals surface area contributed by atoms with Crippen LogP contribution in [0.4, 0.5) is 0 Å². The van der Waals surface area contributed by atoms with Crippen LogP contribution in [0.2, 0.25) is 0 Å². The average Bonchev–Trinajstić information content (AvgIpc) is 3.29. The van der Waals surface area contributed by atoms with E-state index in [1.807, 2.05) is 14.0 Å². The molecule has 0 aliphatic heterocycles. The summed E-state index contributed by atoms with van der Waals surface area (Å²) in [5, 5.41) is 10.8. The van der Waals surface area contributed by atoms with Gasteiger partial charge in [0.1, 0.15) is 5.69 Å². The topological polar surface area (TPSA) is 93.2 Å². The number of amides is 1. The molecule has 3 rings (SSSR count). The van der Waals surface area contributed by atoms with Crippen LogP contribution in [0, 0.1) is 0 Å². The quantitative estimate of drug-likeness (QED) is 0.686. The molecule has 1 amide bonds. The fourth-order valence-electron chi connectivity index (χ4n) is 2.59. The Hall–Kier alpha value is -2.67. The molecule has 3 aromatic heterocycles. The first-order valence-corrected chi connectivity index (χ1v) is 8.42. The van der Waals surface area contributed by atoms with E-state index in [-0.39, 0.29) is 11.9 Å². The van der Waals surface area contributed by atoms with Crippen molar-refractivity contribution in [3.8, 4) is 11.5 Å². The Labute approximate surface area is 145 Å². The maximum Gasteiger partial charge on any atom is 0.259 e. The highest BCUT2D eigenvalue weighted by atomic mass is 16.5. The fourth-order valence-corrected chi connectivity index (χ4v) is 2.59. The number of pyridine rings is 1. The van der Waals surface area contributed by atoms with Crippen molar-refractivity contribution in [2.75, 3.05) is 13.6 Å². The van der Waals surface area contributed by atoms with E-state index >= 15 is 0 Å². The van der Waals surface area contributed by atoms with Gasteiger partial charge in [-0.1, -0.05) is 18.5 Å². The maximum absolute atomic E-state index is 12.8. The minimum Gasteiger partial charge on any atom is -0.463 e. The number of fused-ring (bicyclic) bond motifs is 1. The molecule has 0 radical (unpaired) electrons. The summed E-state index contributed by atoms with van der Waals surface area (Å²) in [5.41, 5.74) is 2.15. The number of carbonyl (C=O) groups excluding carboxylic acids is 1. The van der Waals surface area contributed by atoms with Gasteiger partial charge in [-0.3, -0.25) is 4.79 Å². The number of likely N-dealkylation sites (N-methyl/N-ethyl adjacent to an activating group) is 1. The summed E-state index contributed by atoms with van der Waals surface area (Å²) in [6.07, 6.45) is 3.19. The standard InChI is InChI=1S/C18H22N4O3/c1-4-6-13-16-12(17(23)20-10-11(2)19-3)9-14(15-7-5-8-24-15)21-18(16)25-22-13/h5,7-9,11,19H,4,6,10H2,1-3H3,(H,20,23). The lowest BCUT2D eigenvalue weighted by molar-refractivity contribution is 0.0952. The molecule has 0 aliphatic rings. The fraction of sp³-hybridized carbons (Fsp3) is 0.389. The zero-order valence-corrected chi connectivity index (χ0v) is 14.6. The second kappa shape index (κ2) is 7.48. The number of hydrogen-bond acceptors (Lipinski definition) is 6. The zero-order valence-electron chi connectivity index (χ0n) is 14.6. The number of aryl methyl sites for hydroxylation is 1. The van der Waals surface area contributed by atoms with Crippen LogP contribution < -0.4 is 10.6 Å². The van der Waals surface area contributed by atoms with E-state index in [1.54, 1.807) is 24.5 Å². The summed E-state index contributed by atoms with van der Waals surface area (Å²) >= 11 is 0. The lowest BCUT2D eigenvalue weighted by Gasteiger charge is -2.12. The summed E-state index contributed by atoms with van der Waals surface area (Å²) in [4.78, 5) is 17.2. The number of carbonyl (C=O) groups is 1. The van der Waals surface area contributed by atoms with Crippen molar-refractivity contribution in [2.45, 2.75) is 32.7 Å². The molecule has 0 fully saturated rings. The van der Waals surface area contributed by atoms with Crippen LogP contribution in [0.25, 0.3) is 22.6 Å². The van der Waals surface area contributed by atoms with Crippen molar-refractivity contribution in [1.29, 1.82) is 0 Å². The Morgan fingerprint density at radius 1 is 1.40 bits per heavy atom. The van der Waals surface area contributed by atoms with Gasteiger partial charge in [-0.2, -0.15) is 0 Å². The average molecular weight is 342 g/mol. The van der Waals surface area contributed by atoms with Crippen LogP contribution in [0.5, 0.6) is 0 Å². The van der Waals surface area contributed by atoms with Gasteiger partial charge in [0.15, 0.2) is 5.76 Å². The molecule has 7 nitrogen and oxygen atoms in total. The first-order chi connectivity index (χ1) is 12.1. The van der Waals surface area contributed by atoms with Gasteiger partial charge in [0.05, 0.1) is 22.9 Å². The van der Waals surface area contributed by atoms with E-state index in [0.717, 1.165) is 18.5 Å².